The SMILES string of the molecule is C=C(C)C(=O)O.C=CC(=O)O.CC.CC. The molecule has 4 nitrogen and oxygen atoms in total. The third kappa shape index (κ3) is 69.0. The van der Waals surface area contributed by atoms with E-state index in [4.69, 9.17) is 10.2 Å². The van der Waals surface area contributed by atoms with E-state index in [2.05, 4.69) is 13.2 Å². The highest BCUT2D eigenvalue weighted by atomic mass is 16.4. The van der Waals surface area contributed by atoms with Gasteiger partial charge in [-0.3, -0.25) is 0 Å². The van der Waals surface area contributed by atoms with Crippen LogP contribution in [-0.2, 0) is 9.59 Å². The van der Waals surface area contributed by atoms with Gasteiger partial charge in [0.1, 0.15) is 0 Å². The van der Waals surface area contributed by atoms with E-state index in [0.29, 0.717) is 0 Å². The lowest BCUT2D eigenvalue weighted by Gasteiger charge is -1.79. The number of rotatable bonds is 2. The Morgan fingerprint density at radius 3 is 1.20 bits per heavy atom. The summed E-state index contributed by atoms with van der Waals surface area (Å²) in [6, 6.07) is 0. The van der Waals surface area contributed by atoms with Crippen LogP contribution in [0.5, 0.6) is 0 Å². The fourth-order valence-corrected chi connectivity index (χ4v) is 0. The van der Waals surface area contributed by atoms with Crippen LogP contribution in [0, 0.1) is 0 Å². The van der Waals surface area contributed by atoms with E-state index in [0.717, 1.165) is 6.08 Å². The lowest BCUT2D eigenvalue weighted by molar-refractivity contribution is -0.133. The molecule has 0 radical (unpaired) electrons. The summed E-state index contributed by atoms with van der Waals surface area (Å²) in [4.78, 5) is 18.8. The molecule has 0 heterocycles. The Labute approximate surface area is 91.9 Å². The largest absolute Gasteiger partial charge is 0.478 e. The Morgan fingerprint density at radius 1 is 1.07 bits per heavy atom. The zero-order chi connectivity index (χ0) is 13.4. The van der Waals surface area contributed by atoms with Crippen LogP contribution in [0.4, 0.5) is 0 Å². The summed E-state index contributed by atoms with van der Waals surface area (Å²) in [5.74, 6) is -1.92. The summed E-state index contributed by atoms with van der Waals surface area (Å²) in [5.41, 5.74) is 0.176. The predicted octanol–water partition coefficient (Wildman–Crippen LogP) is 2.96. The minimum atomic E-state index is -0.981. The van der Waals surface area contributed by atoms with Crippen molar-refractivity contribution in [1.29, 1.82) is 0 Å². The summed E-state index contributed by atoms with van der Waals surface area (Å²) >= 11 is 0. The smallest absolute Gasteiger partial charge is 0.330 e. The van der Waals surface area contributed by atoms with Gasteiger partial charge in [-0.15, -0.1) is 0 Å². The van der Waals surface area contributed by atoms with Crippen molar-refractivity contribution in [2.45, 2.75) is 34.6 Å². The van der Waals surface area contributed by atoms with Gasteiger partial charge < -0.3 is 10.2 Å². The molecule has 0 aliphatic rings. The average Bonchev–Trinajstić information content (AvgIpc) is 2.24. The van der Waals surface area contributed by atoms with Gasteiger partial charge in [-0.2, -0.15) is 0 Å². The zero-order valence-corrected chi connectivity index (χ0v) is 10.2. The molecule has 4 heteroatoms. The van der Waals surface area contributed by atoms with Crippen molar-refractivity contribution < 1.29 is 19.8 Å². The van der Waals surface area contributed by atoms with Gasteiger partial charge >= 0.3 is 11.9 Å². The first-order valence-corrected chi connectivity index (χ1v) is 4.66. The molecule has 0 bridgehead atoms. The van der Waals surface area contributed by atoms with E-state index in [1.54, 1.807) is 0 Å². The summed E-state index contributed by atoms with van der Waals surface area (Å²) in [7, 11) is 0. The minimum absolute atomic E-state index is 0.176. The fourth-order valence-electron chi connectivity index (χ4n) is 0. The lowest BCUT2D eigenvalue weighted by Crippen LogP contribution is -1.92. The van der Waals surface area contributed by atoms with Gasteiger partial charge in [0.05, 0.1) is 0 Å². The molecular formula is C11H22O4. The molecule has 0 amide bonds. The summed E-state index contributed by atoms with van der Waals surface area (Å²) in [5, 5.41) is 15.5. The highest BCUT2D eigenvalue weighted by molar-refractivity contribution is 5.84. The first-order valence-electron chi connectivity index (χ1n) is 4.66. The number of aliphatic carboxylic acids is 2. The molecule has 0 aliphatic carbocycles. The second-order valence-electron chi connectivity index (χ2n) is 1.63. The molecule has 0 saturated heterocycles. The van der Waals surface area contributed by atoms with Crippen LogP contribution in [0.15, 0.2) is 24.8 Å². The average molecular weight is 218 g/mol. The van der Waals surface area contributed by atoms with Gasteiger partial charge in [0, 0.05) is 11.6 Å². The van der Waals surface area contributed by atoms with Crippen LogP contribution in [-0.4, -0.2) is 22.2 Å². The van der Waals surface area contributed by atoms with Crippen LogP contribution in [0.3, 0.4) is 0 Å². The second-order valence-corrected chi connectivity index (χ2v) is 1.63. The minimum Gasteiger partial charge on any atom is -0.478 e. The standard InChI is InChI=1S/C4H6O2.C3H4O2.2C2H6/c1-3(2)4(5)6;1-2-3(4)5;2*1-2/h1H2,2H3,(H,5,6);2H,1H2,(H,4,5);2*1-2H3. The summed E-state index contributed by atoms with van der Waals surface area (Å²) in [6.07, 6.45) is 0.833. The monoisotopic (exact) mass is 218 g/mol. The summed E-state index contributed by atoms with van der Waals surface area (Å²) < 4.78 is 0. The first-order chi connectivity index (χ1) is 6.91. The topological polar surface area (TPSA) is 74.6 Å². The Bertz CT molecular complexity index is 171. The Hall–Kier alpha value is -1.58. The second kappa shape index (κ2) is 22.8. The number of hydrogen-bond acceptors (Lipinski definition) is 2. The molecule has 0 spiro atoms. The number of hydrogen-bond donors (Lipinski definition) is 2. The van der Waals surface area contributed by atoms with Gasteiger partial charge in [-0.1, -0.05) is 40.9 Å². The molecule has 0 saturated carbocycles. The zero-order valence-electron chi connectivity index (χ0n) is 10.2. The van der Waals surface area contributed by atoms with E-state index in [9.17, 15) is 9.59 Å². The van der Waals surface area contributed by atoms with Gasteiger partial charge in [-0.25, -0.2) is 9.59 Å². The number of carbonyl (C=O) groups is 2. The van der Waals surface area contributed by atoms with E-state index < -0.39 is 11.9 Å². The highest BCUT2D eigenvalue weighted by Crippen LogP contribution is 1.81. The Morgan fingerprint density at radius 2 is 1.20 bits per heavy atom. The van der Waals surface area contributed by atoms with E-state index >= 15 is 0 Å². The molecule has 90 valence electrons. The highest BCUT2D eigenvalue weighted by Gasteiger charge is 1.90. The molecule has 0 unspecified atom stereocenters. The molecule has 0 aromatic heterocycles. The van der Waals surface area contributed by atoms with E-state index in [1.165, 1.54) is 6.92 Å². The number of carboxylic acid groups (broad SMARTS) is 2. The van der Waals surface area contributed by atoms with Crippen molar-refractivity contribution in [2.24, 2.45) is 0 Å². The first kappa shape index (κ1) is 23.3. The molecule has 0 fully saturated rings. The fraction of sp³-hybridized carbons (Fsp3) is 0.455. The van der Waals surface area contributed by atoms with Crippen molar-refractivity contribution >= 4 is 11.9 Å². The molecule has 15 heavy (non-hydrogen) atoms. The van der Waals surface area contributed by atoms with Crippen LogP contribution in [0.1, 0.15) is 34.6 Å². The van der Waals surface area contributed by atoms with Crippen molar-refractivity contribution in [1.82, 2.24) is 0 Å². The maximum absolute atomic E-state index is 9.60. The Balaban J connectivity index is -0.0000000610. The van der Waals surface area contributed by atoms with E-state index in [-0.39, 0.29) is 5.57 Å². The van der Waals surface area contributed by atoms with Crippen molar-refractivity contribution in [3.63, 3.8) is 0 Å². The quantitative estimate of drug-likeness (QED) is 0.699. The van der Waals surface area contributed by atoms with Gasteiger partial charge in [0.15, 0.2) is 0 Å². The van der Waals surface area contributed by atoms with Crippen molar-refractivity contribution in [3.05, 3.63) is 24.8 Å². The lowest BCUT2D eigenvalue weighted by atomic mass is 10.4. The van der Waals surface area contributed by atoms with E-state index in [1.807, 2.05) is 27.7 Å². The van der Waals surface area contributed by atoms with Crippen LogP contribution in [0.2, 0.25) is 0 Å². The number of carboxylic acids is 2. The van der Waals surface area contributed by atoms with Crippen LogP contribution < -0.4 is 0 Å². The van der Waals surface area contributed by atoms with Crippen LogP contribution >= 0.6 is 0 Å². The maximum Gasteiger partial charge on any atom is 0.330 e. The van der Waals surface area contributed by atoms with Gasteiger partial charge in [0.25, 0.3) is 0 Å². The third-order valence-corrected chi connectivity index (χ3v) is 0.540. The molecule has 2 N–H and O–H groups in total. The van der Waals surface area contributed by atoms with Gasteiger partial charge in [-0.05, 0) is 6.92 Å². The van der Waals surface area contributed by atoms with Crippen LogP contribution in [0.25, 0.3) is 0 Å². The molecule has 0 aliphatic heterocycles. The van der Waals surface area contributed by atoms with Crippen molar-refractivity contribution in [2.75, 3.05) is 0 Å². The Kier molecular flexibility index (Phi) is 35.5. The molecule has 0 aromatic carbocycles. The molecule has 0 atom stereocenters. The molecular weight excluding hydrogens is 196 g/mol. The molecule has 0 rings (SSSR count). The maximum atomic E-state index is 9.60. The predicted molar refractivity (Wildman–Crippen MR) is 63.0 cm³/mol. The third-order valence-electron chi connectivity index (χ3n) is 0.540. The normalized spacial score (nSPS) is 5.93. The van der Waals surface area contributed by atoms with Gasteiger partial charge in [0.2, 0.25) is 0 Å². The summed E-state index contributed by atoms with van der Waals surface area (Å²) in [6.45, 7) is 15.6. The molecule has 0 aromatic rings. The van der Waals surface area contributed by atoms with Crippen molar-refractivity contribution in [3.8, 4) is 0 Å².